The molecule has 0 spiro atoms. The van der Waals surface area contributed by atoms with E-state index in [0.717, 1.165) is 5.56 Å². The van der Waals surface area contributed by atoms with E-state index in [1.54, 1.807) is 72.8 Å². The summed E-state index contributed by atoms with van der Waals surface area (Å²) in [5, 5.41) is 21.9. The molecule has 0 radical (unpaired) electrons. The Balaban J connectivity index is 1.48. The van der Waals surface area contributed by atoms with Gasteiger partial charge in [-0.15, -0.1) is 0 Å². The fourth-order valence-electron chi connectivity index (χ4n) is 4.27. The third-order valence-corrected chi connectivity index (χ3v) is 7.43. The fourth-order valence-corrected chi connectivity index (χ4v) is 4.71. The first-order valence-corrected chi connectivity index (χ1v) is 15.0. The Morgan fingerprint density at radius 3 is 1.55 bits per heavy atom. The number of benzene rings is 4. The molecule has 2 N–H and O–H groups in total. The van der Waals surface area contributed by atoms with Gasteiger partial charge in [0.1, 0.15) is 17.1 Å². The summed E-state index contributed by atoms with van der Waals surface area (Å²) in [5.41, 5.74) is 3.64. The summed E-state index contributed by atoms with van der Waals surface area (Å²) in [4.78, 5) is 50.0. The molecule has 4 aromatic carbocycles. The first kappa shape index (κ1) is 34.6. The number of Topliss-reactive ketones (excluding diaryl/α,β-unsaturated/α-hetero) is 2. The van der Waals surface area contributed by atoms with Crippen LogP contribution in [0.2, 0.25) is 10.0 Å². The van der Waals surface area contributed by atoms with Crippen molar-refractivity contribution in [2.45, 2.75) is 32.9 Å². The van der Waals surface area contributed by atoms with Gasteiger partial charge in [0, 0.05) is 5.69 Å². The second-order valence-electron chi connectivity index (χ2n) is 10.3. The number of ether oxygens (including phenoxy) is 1. The average Bonchev–Trinajstić information content (AvgIpc) is 3.03. The van der Waals surface area contributed by atoms with Crippen LogP contribution in [0, 0.1) is 6.92 Å². The van der Waals surface area contributed by atoms with Crippen LogP contribution in [0.15, 0.2) is 105 Å². The highest BCUT2D eigenvalue weighted by atomic mass is 35.5. The highest BCUT2D eigenvalue weighted by Gasteiger charge is 2.25. The zero-order valence-electron chi connectivity index (χ0n) is 25.8. The summed E-state index contributed by atoms with van der Waals surface area (Å²) in [7, 11) is 1.47. The third-order valence-electron chi connectivity index (χ3n) is 6.83. The van der Waals surface area contributed by atoms with Crippen LogP contribution in [0.3, 0.4) is 0 Å². The number of carbonyl (C=O) groups excluding carboxylic acids is 4. The van der Waals surface area contributed by atoms with E-state index < -0.39 is 35.5 Å². The lowest BCUT2D eigenvalue weighted by atomic mass is 10.0. The van der Waals surface area contributed by atoms with Gasteiger partial charge in [0.15, 0.2) is 11.6 Å². The summed E-state index contributed by atoms with van der Waals surface area (Å²) in [6.45, 7) is 4.34. The number of rotatable bonds is 12. The maximum atomic E-state index is 12.8. The molecule has 0 fully saturated rings. The van der Waals surface area contributed by atoms with Gasteiger partial charge in [0.05, 0.1) is 22.8 Å². The summed E-state index contributed by atoms with van der Waals surface area (Å²) in [6.07, 6.45) is 0. The molecule has 0 aliphatic heterocycles. The van der Waals surface area contributed by atoms with Crippen LogP contribution in [0.5, 0.6) is 5.75 Å². The number of para-hydroxylation sites is 3. The molecule has 0 aliphatic carbocycles. The van der Waals surface area contributed by atoms with Gasteiger partial charge in [-0.05, 0) is 79.9 Å². The second kappa shape index (κ2) is 15.8. The first-order valence-electron chi connectivity index (χ1n) is 14.2. The molecule has 0 bridgehead atoms. The number of methoxy groups -OCH3 is 1. The van der Waals surface area contributed by atoms with Crippen LogP contribution in [-0.4, -0.2) is 42.6 Å². The van der Waals surface area contributed by atoms with E-state index in [1.165, 1.54) is 21.0 Å². The summed E-state index contributed by atoms with van der Waals surface area (Å²) in [6, 6.07) is 21.0. The predicted octanol–water partition coefficient (Wildman–Crippen LogP) is 8.34. The maximum Gasteiger partial charge on any atom is 0.258 e. The lowest BCUT2D eigenvalue weighted by Gasteiger charge is -2.12. The quantitative estimate of drug-likeness (QED) is 0.114. The Bertz CT molecular complexity index is 1890. The number of hydrogen-bond acceptors (Lipinski definition) is 9. The highest BCUT2D eigenvalue weighted by Crippen LogP contribution is 2.35. The van der Waals surface area contributed by atoms with Gasteiger partial charge >= 0.3 is 0 Å². The zero-order valence-corrected chi connectivity index (χ0v) is 27.3. The molecule has 0 aromatic heterocycles. The number of amides is 2. The van der Waals surface area contributed by atoms with Gasteiger partial charge < -0.3 is 15.4 Å². The standard InChI is InChI=1S/C34H30Cl2N6O5/c1-19-9-5-6-10-26(19)37-33(45)31(20(2)43)41-39-27-15-13-22(17-24(27)35)23-14-16-28(25(36)18-23)40-42-32(21(3)44)34(46)38-29-11-7-8-12-30(29)47-4/h5-18,31-32H,1-4H3,(H,37,45)(H,38,46). The van der Waals surface area contributed by atoms with Crippen molar-refractivity contribution < 1.29 is 23.9 Å². The molecule has 11 nitrogen and oxygen atoms in total. The molecule has 4 rings (SSSR count). The Kier molecular flexibility index (Phi) is 11.7. The van der Waals surface area contributed by atoms with Crippen LogP contribution >= 0.6 is 23.2 Å². The molecule has 2 atom stereocenters. The largest absolute Gasteiger partial charge is 0.495 e. The molecular weight excluding hydrogens is 643 g/mol. The lowest BCUT2D eigenvalue weighted by molar-refractivity contribution is -0.127. The summed E-state index contributed by atoms with van der Waals surface area (Å²) >= 11 is 13.0. The first-order chi connectivity index (χ1) is 22.5. The number of hydrogen-bond donors (Lipinski definition) is 2. The number of aryl methyl sites for hydroxylation is 1. The van der Waals surface area contributed by atoms with Gasteiger partial charge in [0.2, 0.25) is 12.1 Å². The molecule has 0 saturated carbocycles. The van der Waals surface area contributed by atoms with E-state index in [2.05, 4.69) is 31.1 Å². The number of nitrogens with zero attached hydrogens (tertiary/aromatic N) is 4. The maximum absolute atomic E-state index is 12.8. The monoisotopic (exact) mass is 672 g/mol. The van der Waals surface area contributed by atoms with Crippen molar-refractivity contribution in [2.75, 3.05) is 17.7 Å². The zero-order chi connectivity index (χ0) is 34.1. The molecule has 240 valence electrons. The Labute approximate surface area is 281 Å². The number of carbonyl (C=O) groups is 4. The molecule has 0 heterocycles. The predicted molar refractivity (Wildman–Crippen MR) is 181 cm³/mol. The molecule has 2 unspecified atom stereocenters. The van der Waals surface area contributed by atoms with Crippen molar-refractivity contribution in [1.29, 1.82) is 0 Å². The van der Waals surface area contributed by atoms with Gasteiger partial charge in [0.25, 0.3) is 11.8 Å². The summed E-state index contributed by atoms with van der Waals surface area (Å²) < 4.78 is 5.24. The van der Waals surface area contributed by atoms with Crippen LogP contribution in [-0.2, 0) is 19.2 Å². The van der Waals surface area contributed by atoms with Crippen molar-refractivity contribution >= 4 is 69.3 Å². The minimum absolute atomic E-state index is 0.211. The van der Waals surface area contributed by atoms with E-state index in [0.29, 0.717) is 28.3 Å². The van der Waals surface area contributed by atoms with Gasteiger partial charge in [-0.3, -0.25) is 19.2 Å². The van der Waals surface area contributed by atoms with Gasteiger partial charge in [-0.1, -0.05) is 65.7 Å². The molecule has 2 amide bonds. The van der Waals surface area contributed by atoms with Crippen LogP contribution < -0.4 is 15.4 Å². The topological polar surface area (TPSA) is 151 Å². The SMILES string of the molecule is COc1ccccc1NC(=O)C(N=Nc1ccc(-c2ccc(N=NC(C(C)=O)C(=O)Nc3ccccc3C)c(Cl)c2)cc1Cl)C(C)=O. The third kappa shape index (κ3) is 8.93. The lowest BCUT2D eigenvalue weighted by Crippen LogP contribution is -2.32. The van der Waals surface area contributed by atoms with E-state index in [-0.39, 0.29) is 21.4 Å². The normalized spacial score (nSPS) is 12.5. The molecule has 0 saturated heterocycles. The number of azo groups is 2. The summed E-state index contributed by atoms with van der Waals surface area (Å²) in [5.74, 6) is -1.85. The van der Waals surface area contributed by atoms with Crippen molar-refractivity contribution in [2.24, 2.45) is 20.5 Å². The Hall–Kier alpha value is -5.26. The number of nitrogens with one attached hydrogen (secondary N) is 2. The minimum atomic E-state index is -1.41. The van der Waals surface area contributed by atoms with E-state index in [9.17, 15) is 19.2 Å². The Morgan fingerprint density at radius 1 is 0.660 bits per heavy atom. The van der Waals surface area contributed by atoms with E-state index in [4.69, 9.17) is 27.9 Å². The average molecular weight is 674 g/mol. The van der Waals surface area contributed by atoms with Gasteiger partial charge in [-0.25, -0.2) is 0 Å². The van der Waals surface area contributed by atoms with Crippen LogP contribution in [0.4, 0.5) is 22.7 Å². The van der Waals surface area contributed by atoms with Crippen LogP contribution in [0.25, 0.3) is 11.1 Å². The van der Waals surface area contributed by atoms with E-state index in [1.807, 2.05) is 19.1 Å². The van der Waals surface area contributed by atoms with Gasteiger partial charge in [-0.2, -0.15) is 20.5 Å². The molecular formula is C34H30Cl2N6O5. The van der Waals surface area contributed by atoms with Crippen molar-refractivity contribution in [3.63, 3.8) is 0 Å². The molecule has 47 heavy (non-hydrogen) atoms. The van der Waals surface area contributed by atoms with Crippen molar-refractivity contribution in [1.82, 2.24) is 0 Å². The second-order valence-corrected chi connectivity index (χ2v) is 11.1. The molecule has 13 heteroatoms. The van der Waals surface area contributed by atoms with E-state index >= 15 is 0 Å². The van der Waals surface area contributed by atoms with Crippen molar-refractivity contribution in [3.05, 3.63) is 101 Å². The number of ketones is 2. The smallest absolute Gasteiger partial charge is 0.258 e. The fraction of sp³-hybridized carbons (Fsp3) is 0.176. The minimum Gasteiger partial charge on any atom is -0.495 e. The van der Waals surface area contributed by atoms with Crippen molar-refractivity contribution in [3.8, 4) is 16.9 Å². The number of halogens is 2. The van der Waals surface area contributed by atoms with Crippen LogP contribution in [0.1, 0.15) is 19.4 Å². The molecule has 0 aliphatic rings. The highest BCUT2D eigenvalue weighted by molar-refractivity contribution is 6.34. The Morgan fingerprint density at radius 2 is 1.11 bits per heavy atom. The molecule has 4 aromatic rings. The number of anilines is 2.